The molecule has 0 atom stereocenters. The molecule has 0 bridgehead atoms. The van der Waals surface area contributed by atoms with Crippen molar-refractivity contribution in [2.24, 2.45) is 5.92 Å². The molecule has 2 aromatic carbocycles. The number of benzene rings is 2. The summed E-state index contributed by atoms with van der Waals surface area (Å²) in [4.78, 5) is 0. The SMILES string of the molecule is ONCC(COCc1ccccc1)COCc1ccccc1. The summed E-state index contributed by atoms with van der Waals surface area (Å²) in [6, 6.07) is 20.1. The number of hydrogen-bond acceptors (Lipinski definition) is 4. The second-order valence-electron chi connectivity index (χ2n) is 5.23. The van der Waals surface area contributed by atoms with Gasteiger partial charge in [-0.3, -0.25) is 0 Å². The monoisotopic (exact) mass is 301 g/mol. The van der Waals surface area contributed by atoms with Crippen LogP contribution in [-0.2, 0) is 22.7 Å². The van der Waals surface area contributed by atoms with Gasteiger partial charge in [0, 0.05) is 12.5 Å². The van der Waals surface area contributed by atoms with E-state index in [-0.39, 0.29) is 5.92 Å². The van der Waals surface area contributed by atoms with E-state index in [1.165, 1.54) is 0 Å². The van der Waals surface area contributed by atoms with Crippen LogP contribution in [0.5, 0.6) is 0 Å². The minimum Gasteiger partial charge on any atom is -0.376 e. The normalized spacial score (nSPS) is 11.0. The molecular formula is C18H23NO3. The van der Waals surface area contributed by atoms with Gasteiger partial charge in [-0.1, -0.05) is 60.7 Å². The molecule has 118 valence electrons. The highest BCUT2D eigenvalue weighted by Crippen LogP contribution is 2.06. The van der Waals surface area contributed by atoms with Crippen molar-refractivity contribution in [1.82, 2.24) is 5.48 Å². The van der Waals surface area contributed by atoms with Gasteiger partial charge in [-0.2, -0.15) is 0 Å². The molecule has 0 saturated carbocycles. The van der Waals surface area contributed by atoms with Crippen molar-refractivity contribution in [3.8, 4) is 0 Å². The standard InChI is InChI=1S/C18H23NO3/c20-19-11-18(14-21-12-16-7-3-1-4-8-16)15-22-13-17-9-5-2-6-10-17/h1-10,18-20H,11-15H2. The first-order chi connectivity index (χ1) is 10.9. The maximum absolute atomic E-state index is 8.91. The Kier molecular flexibility index (Phi) is 7.63. The zero-order chi connectivity index (χ0) is 15.5. The third-order valence-corrected chi connectivity index (χ3v) is 3.31. The molecule has 4 heteroatoms. The second-order valence-corrected chi connectivity index (χ2v) is 5.23. The molecule has 0 aliphatic heterocycles. The van der Waals surface area contributed by atoms with Gasteiger partial charge in [-0.15, -0.1) is 0 Å². The van der Waals surface area contributed by atoms with Crippen molar-refractivity contribution in [3.63, 3.8) is 0 Å². The topological polar surface area (TPSA) is 50.7 Å². The summed E-state index contributed by atoms with van der Waals surface area (Å²) in [5.41, 5.74) is 4.49. The van der Waals surface area contributed by atoms with Crippen LogP contribution in [0.15, 0.2) is 60.7 Å². The van der Waals surface area contributed by atoms with Gasteiger partial charge in [0.2, 0.25) is 0 Å². The maximum Gasteiger partial charge on any atom is 0.0717 e. The fourth-order valence-electron chi connectivity index (χ4n) is 2.13. The van der Waals surface area contributed by atoms with Crippen molar-refractivity contribution in [2.75, 3.05) is 19.8 Å². The number of nitrogens with one attached hydrogen (secondary N) is 1. The lowest BCUT2D eigenvalue weighted by Crippen LogP contribution is -2.27. The summed E-state index contributed by atoms with van der Waals surface area (Å²) >= 11 is 0. The average molecular weight is 301 g/mol. The van der Waals surface area contributed by atoms with Gasteiger partial charge in [-0.25, -0.2) is 5.48 Å². The molecule has 2 N–H and O–H groups in total. The predicted octanol–water partition coefficient (Wildman–Crippen LogP) is 3.02. The predicted molar refractivity (Wildman–Crippen MR) is 85.5 cm³/mol. The largest absolute Gasteiger partial charge is 0.376 e. The maximum atomic E-state index is 8.91. The lowest BCUT2D eigenvalue weighted by Gasteiger charge is -2.16. The van der Waals surface area contributed by atoms with E-state index in [1.807, 2.05) is 60.7 Å². The van der Waals surface area contributed by atoms with E-state index in [1.54, 1.807) is 0 Å². The van der Waals surface area contributed by atoms with Crippen LogP contribution in [0.1, 0.15) is 11.1 Å². The summed E-state index contributed by atoms with van der Waals surface area (Å²) in [5, 5.41) is 8.91. The Morgan fingerprint density at radius 1 is 0.773 bits per heavy atom. The first-order valence-corrected chi connectivity index (χ1v) is 7.49. The van der Waals surface area contributed by atoms with Crippen LogP contribution in [0, 0.1) is 5.92 Å². The van der Waals surface area contributed by atoms with Gasteiger partial charge in [0.25, 0.3) is 0 Å². The van der Waals surface area contributed by atoms with Crippen molar-refractivity contribution >= 4 is 0 Å². The van der Waals surface area contributed by atoms with Crippen molar-refractivity contribution < 1.29 is 14.7 Å². The number of ether oxygens (including phenoxy) is 2. The molecule has 0 spiro atoms. The highest BCUT2D eigenvalue weighted by atomic mass is 16.5. The van der Waals surface area contributed by atoms with Gasteiger partial charge in [-0.05, 0) is 11.1 Å². The van der Waals surface area contributed by atoms with Crippen molar-refractivity contribution in [1.29, 1.82) is 0 Å². The van der Waals surface area contributed by atoms with Crippen LogP contribution in [-0.4, -0.2) is 25.0 Å². The van der Waals surface area contributed by atoms with Crippen molar-refractivity contribution in [3.05, 3.63) is 71.8 Å². The summed E-state index contributed by atoms with van der Waals surface area (Å²) in [6.07, 6.45) is 0. The fraction of sp³-hybridized carbons (Fsp3) is 0.333. The third kappa shape index (κ3) is 6.37. The Bertz CT molecular complexity index is 459. The van der Waals surface area contributed by atoms with Crippen LogP contribution in [0.2, 0.25) is 0 Å². The minimum atomic E-state index is 0.109. The first-order valence-electron chi connectivity index (χ1n) is 7.49. The van der Waals surface area contributed by atoms with E-state index in [4.69, 9.17) is 14.7 Å². The molecule has 2 rings (SSSR count). The van der Waals surface area contributed by atoms with Crippen molar-refractivity contribution in [2.45, 2.75) is 13.2 Å². The Labute approximate surface area is 131 Å². The fourth-order valence-corrected chi connectivity index (χ4v) is 2.13. The number of hydroxylamine groups is 1. The molecule has 0 aromatic heterocycles. The number of rotatable bonds is 10. The second kappa shape index (κ2) is 10.1. The molecule has 0 aliphatic carbocycles. The Hall–Kier alpha value is -1.72. The molecule has 0 radical (unpaired) electrons. The van der Waals surface area contributed by atoms with E-state index in [0.717, 1.165) is 11.1 Å². The molecule has 0 saturated heterocycles. The molecule has 0 fully saturated rings. The van der Waals surface area contributed by atoms with Crippen LogP contribution >= 0.6 is 0 Å². The molecule has 0 heterocycles. The summed E-state index contributed by atoms with van der Waals surface area (Å²) < 4.78 is 11.4. The molecule has 4 nitrogen and oxygen atoms in total. The molecule has 22 heavy (non-hydrogen) atoms. The average Bonchev–Trinajstić information content (AvgIpc) is 2.57. The quantitative estimate of drug-likeness (QED) is 0.662. The van der Waals surface area contributed by atoms with Crippen LogP contribution in [0.4, 0.5) is 0 Å². The molecular weight excluding hydrogens is 278 g/mol. The Morgan fingerprint density at radius 3 is 1.64 bits per heavy atom. The summed E-state index contributed by atoms with van der Waals surface area (Å²) in [6.45, 7) is 2.67. The van der Waals surface area contributed by atoms with Crippen LogP contribution in [0.25, 0.3) is 0 Å². The molecule has 2 aromatic rings. The van der Waals surface area contributed by atoms with E-state index in [9.17, 15) is 0 Å². The van der Waals surface area contributed by atoms with Gasteiger partial charge in [0.15, 0.2) is 0 Å². The number of hydrogen-bond donors (Lipinski definition) is 2. The zero-order valence-electron chi connectivity index (χ0n) is 12.7. The minimum absolute atomic E-state index is 0.109. The van der Waals surface area contributed by atoms with Gasteiger partial charge >= 0.3 is 0 Å². The van der Waals surface area contributed by atoms with Gasteiger partial charge < -0.3 is 14.7 Å². The van der Waals surface area contributed by atoms with E-state index in [2.05, 4.69) is 5.48 Å². The van der Waals surface area contributed by atoms with Crippen LogP contribution < -0.4 is 5.48 Å². The lowest BCUT2D eigenvalue weighted by atomic mass is 10.2. The third-order valence-electron chi connectivity index (χ3n) is 3.31. The Balaban J connectivity index is 1.68. The molecule has 0 amide bonds. The Morgan fingerprint density at radius 2 is 1.23 bits per heavy atom. The van der Waals surface area contributed by atoms with Gasteiger partial charge in [0.05, 0.1) is 26.4 Å². The molecule has 0 aliphatic rings. The zero-order valence-corrected chi connectivity index (χ0v) is 12.7. The highest BCUT2D eigenvalue weighted by molar-refractivity contribution is 5.14. The van der Waals surface area contributed by atoms with E-state index >= 15 is 0 Å². The smallest absolute Gasteiger partial charge is 0.0717 e. The lowest BCUT2D eigenvalue weighted by molar-refractivity contribution is 0.0123. The summed E-state index contributed by atoms with van der Waals surface area (Å²) in [7, 11) is 0. The summed E-state index contributed by atoms with van der Waals surface area (Å²) in [5.74, 6) is 0.109. The van der Waals surface area contributed by atoms with Crippen LogP contribution in [0.3, 0.4) is 0 Å². The molecule has 0 unspecified atom stereocenters. The van der Waals surface area contributed by atoms with Gasteiger partial charge in [0.1, 0.15) is 0 Å². The first kappa shape index (κ1) is 16.6. The highest BCUT2D eigenvalue weighted by Gasteiger charge is 2.09. The van der Waals surface area contributed by atoms with E-state index < -0.39 is 0 Å². The van der Waals surface area contributed by atoms with E-state index in [0.29, 0.717) is 33.0 Å².